The highest BCUT2D eigenvalue weighted by Crippen LogP contribution is 2.29. The molecule has 1 N–H and O–H groups in total. The van der Waals surface area contributed by atoms with Gasteiger partial charge in [0, 0.05) is 6.54 Å². The molecule has 6 nitrogen and oxygen atoms in total. The molecular formula is C26H28N4O2S. The lowest BCUT2D eigenvalue weighted by molar-refractivity contribution is -0.120. The molecule has 0 spiro atoms. The molecule has 4 aromatic rings. The SMILES string of the molecule is CC(C)Cn1c(SC(C)C(=O)NC(c2ccccc2)c2ccccc2)nnc1-c1ccco1. The summed E-state index contributed by atoms with van der Waals surface area (Å²) in [4.78, 5) is 13.3. The average Bonchev–Trinajstić information content (AvgIpc) is 3.48. The van der Waals surface area contributed by atoms with Gasteiger partial charge in [0.15, 0.2) is 16.7 Å². The highest BCUT2D eigenvalue weighted by Gasteiger charge is 2.25. The van der Waals surface area contributed by atoms with Gasteiger partial charge < -0.3 is 9.73 Å². The fourth-order valence-corrected chi connectivity index (χ4v) is 4.48. The topological polar surface area (TPSA) is 73.0 Å². The summed E-state index contributed by atoms with van der Waals surface area (Å²) >= 11 is 1.41. The van der Waals surface area contributed by atoms with Gasteiger partial charge in [-0.1, -0.05) is 86.3 Å². The predicted molar refractivity (Wildman–Crippen MR) is 131 cm³/mol. The lowest BCUT2D eigenvalue weighted by Crippen LogP contribution is -2.35. The maximum Gasteiger partial charge on any atom is 0.234 e. The van der Waals surface area contributed by atoms with E-state index in [1.165, 1.54) is 11.8 Å². The third kappa shape index (κ3) is 5.54. The van der Waals surface area contributed by atoms with Gasteiger partial charge in [-0.25, -0.2) is 0 Å². The maximum atomic E-state index is 13.3. The van der Waals surface area contributed by atoms with Crippen molar-refractivity contribution in [3.8, 4) is 11.6 Å². The van der Waals surface area contributed by atoms with Gasteiger partial charge in [-0.2, -0.15) is 0 Å². The molecule has 0 aliphatic heterocycles. The first-order valence-corrected chi connectivity index (χ1v) is 11.9. The van der Waals surface area contributed by atoms with Gasteiger partial charge in [0.1, 0.15) is 0 Å². The van der Waals surface area contributed by atoms with Crippen molar-refractivity contribution in [1.82, 2.24) is 20.1 Å². The Morgan fingerprint density at radius 3 is 2.12 bits per heavy atom. The Morgan fingerprint density at radius 1 is 0.939 bits per heavy atom. The standard InChI is InChI=1S/C26H28N4O2S/c1-18(2)17-30-24(22-15-10-16-32-22)28-29-26(30)33-19(3)25(31)27-23(20-11-6-4-7-12-20)21-13-8-5-9-14-21/h4-16,18-19,23H,17H2,1-3H3,(H,27,31). The molecule has 0 aliphatic carbocycles. The van der Waals surface area contributed by atoms with Crippen molar-refractivity contribution in [3.05, 3.63) is 90.2 Å². The van der Waals surface area contributed by atoms with Crippen LogP contribution in [0.3, 0.4) is 0 Å². The van der Waals surface area contributed by atoms with E-state index in [4.69, 9.17) is 4.42 Å². The molecule has 1 atom stereocenters. The monoisotopic (exact) mass is 460 g/mol. The number of nitrogens with zero attached hydrogens (tertiary/aromatic N) is 3. The fourth-order valence-electron chi connectivity index (χ4n) is 3.62. The minimum absolute atomic E-state index is 0.0589. The summed E-state index contributed by atoms with van der Waals surface area (Å²) in [6.07, 6.45) is 1.62. The predicted octanol–water partition coefficient (Wildman–Crippen LogP) is 5.58. The molecule has 0 saturated heterocycles. The van der Waals surface area contributed by atoms with Gasteiger partial charge in [-0.05, 0) is 36.1 Å². The first-order valence-electron chi connectivity index (χ1n) is 11.1. The van der Waals surface area contributed by atoms with E-state index in [-0.39, 0.29) is 17.2 Å². The summed E-state index contributed by atoms with van der Waals surface area (Å²) in [5.74, 6) is 1.67. The quantitative estimate of drug-likeness (QED) is 0.330. The van der Waals surface area contributed by atoms with E-state index in [2.05, 4.69) is 29.4 Å². The molecule has 170 valence electrons. The number of hydrogen-bond acceptors (Lipinski definition) is 5. The summed E-state index contributed by atoms with van der Waals surface area (Å²) < 4.78 is 7.58. The molecule has 2 aromatic heterocycles. The molecule has 2 heterocycles. The molecule has 0 aliphatic rings. The maximum absolute atomic E-state index is 13.3. The van der Waals surface area contributed by atoms with E-state index in [1.807, 2.05) is 84.3 Å². The number of nitrogens with one attached hydrogen (secondary N) is 1. The number of thioether (sulfide) groups is 1. The normalized spacial score (nSPS) is 12.3. The van der Waals surface area contributed by atoms with E-state index in [0.29, 0.717) is 22.7 Å². The van der Waals surface area contributed by atoms with Crippen LogP contribution in [0, 0.1) is 5.92 Å². The van der Waals surface area contributed by atoms with E-state index in [0.717, 1.165) is 17.7 Å². The number of furan rings is 1. The van der Waals surface area contributed by atoms with Crippen molar-refractivity contribution in [2.24, 2.45) is 5.92 Å². The summed E-state index contributed by atoms with van der Waals surface area (Å²) in [6, 6.07) is 23.5. The second kappa shape index (κ2) is 10.5. The van der Waals surface area contributed by atoms with E-state index in [1.54, 1.807) is 6.26 Å². The average molecular weight is 461 g/mol. The van der Waals surface area contributed by atoms with Crippen LogP contribution in [0.4, 0.5) is 0 Å². The highest BCUT2D eigenvalue weighted by molar-refractivity contribution is 8.00. The van der Waals surface area contributed by atoms with Gasteiger partial charge in [-0.15, -0.1) is 10.2 Å². The Kier molecular flexibility index (Phi) is 7.29. The molecule has 1 amide bonds. The van der Waals surface area contributed by atoms with Crippen molar-refractivity contribution in [2.75, 3.05) is 0 Å². The van der Waals surface area contributed by atoms with Gasteiger partial charge in [0.25, 0.3) is 0 Å². The number of aromatic nitrogens is 3. The second-order valence-electron chi connectivity index (χ2n) is 8.31. The molecule has 2 aromatic carbocycles. The van der Waals surface area contributed by atoms with Crippen LogP contribution >= 0.6 is 11.8 Å². The molecule has 0 fully saturated rings. The lowest BCUT2D eigenvalue weighted by Gasteiger charge is -2.22. The fraction of sp³-hybridized carbons (Fsp3) is 0.269. The number of hydrogen-bond donors (Lipinski definition) is 1. The first kappa shape index (κ1) is 22.9. The summed E-state index contributed by atoms with van der Waals surface area (Å²) in [5, 5.41) is 12.3. The summed E-state index contributed by atoms with van der Waals surface area (Å²) in [5.41, 5.74) is 2.08. The Balaban J connectivity index is 1.55. The Bertz CT molecular complexity index is 1120. The van der Waals surface area contributed by atoms with Crippen LogP contribution in [0.1, 0.15) is 37.9 Å². The first-order chi connectivity index (χ1) is 16.0. The number of rotatable bonds is 9. The van der Waals surface area contributed by atoms with E-state index in [9.17, 15) is 4.79 Å². The molecule has 0 bridgehead atoms. The molecule has 0 saturated carbocycles. The number of carbonyl (C=O) groups excluding carboxylic acids is 1. The molecule has 4 rings (SSSR count). The minimum atomic E-state index is -0.362. The number of benzene rings is 2. The van der Waals surface area contributed by atoms with Gasteiger partial charge in [0.2, 0.25) is 5.91 Å². The highest BCUT2D eigenvalue weighted by atomic mass is 32.2. The van der Waals surface area contributed by atoms with Crippen LogP contribution in [0.2, 0.25) is 0 Å². The zero-order valence-electron chi connectivity index (χ0n) is 19.0. The molecule has 33 heavy (non-hydrogen) atoms. The van der Waals surface area contributed by atoms with Crippen LogP contribution in [0.5, 0.6) is 0 Å². The van der Waals surface area contributed by atoms with Gasteiger partial charge in [-0.3, -0.25) is 9.36 Å². The van der Waals surface area contributed by atoms with E-state index >= 15 is 0 Å². The van der Waals surface area contributed by atoms with Crippen molar-refractivity contribution < 1.29 is 9.21 Å². The van der Waals surface area contributed by atoms with Crippen molar-refractivity contribution in [2.45, 2.75) is 43.8 Å². The third-order valence-electron chi connectivity index (χ3n) is 5.21. The van der Waals surface area contributed by atoms with Crippen molar-refractivity contribution in [3.63, 3.8) is 0 Å². The van der Waals surface area contributed by atoms with E-state index < -0.39 is 0 Å². The zero-order chi connectivity index (χ0) is 23.2. The molecule has 0 radical (unpaired) electrons. The lowest BCUT2D eigenvalue weighted by atomic mass is 9.98. The largest absolute Gasteiger partial charge is 0.461 e. The van der Waals surface area contributed by atoms with Crippen LogP contribution in [0.15, 0.2) is 88.6 Å². The minimum Gasteiger partial charge on any atom is -0.461 e. The van der Waals surface area contributed by atoms with Crippen molar-refractivity contribution >= 4 is 17.7 Å². The third-order valence-corrected chi connectivity index (χ3v) is 6.29. The molecular weight excluding hydrogens is 432 g/mol. The summed E-state index contributed by atoms with van der Waals surface area (Å²) in [6.45, 7) is 6.91. The molecule has 7 heteroatoms. The van der Waals surface area contributed by atoms with Crippen LogP contribution < -0.4 is 5.32 Å². The van der Waals surface area contributed by atoms with Crippen LogP contribution in [0.25, 0.3) is 11.6 Å². The Morgan fingerprint density at radius 2 is 1.58 bits per heavy atom. The van der Waals surface area contributed by atoms with Crippen LogP contribution in [-0.4, -0.2) is 25.9 Å². The number of amides is 1. The zero-order valence-corrected chi connectivity index (χ0v) is 19.8. The number of carbonyl (C=O) groups is 1. The Labute approximate surface area is 198 Å². The van der Waals surface area contributed by atoms with Gasteiger partial charge >= 0.3 is 0 Å². The van der Waals surface area contributed by atoms with Crippen molar-refractivity contribution in [1.29, 1.82) is 0 Å². The Hall–Kier alpha value is -3.32. The second-order valence-corrected chi connectivity index (χ2v) is 9.62. The van der Waals surface area contributed by atoms with Crippen LogP contribution in [-0.2, 0) is 11.3 Å². The smallest absolute Gasteiger partial charge is 0.234 e. The molecule has 1 unspecified atom stereocenters. The summed E-state index contributed by atoms with van der Waals surface area (Å²) in [7, 11) is 0. The van der Waals surface area contributed by atoms with Gasteiger partial charge in [0.05, 0.1) is 17.6 Å².